The van der Waals surface area contributed by atoms with Crippen LogP contribution in [0.4, 0.5) is 10.5 Å². The van der Waals surface area contributed by atoms with Gasteiger partial charge in [0.25, 0.3) is 0 Å². The Morgan fingerprint density at radius 3 is 2.85 bits per heavy atom. The number of hydrogen-bond donors (Lipinski definition) is 2. The Morgan fingerprint density at radius 1 is 1.55 bits per heavy atom. The second-order valence-corrected chi connectivity index (χ2v) is 5.51. The normalized spacial score (nSPS) is 10.4. The molecule has 0 spiro atoms. The van der Waals surface area contributed by atoms with E-state index in [1.807, 2.05) is 0 Å². The molecular weight excluding hydrogens is 278 g/mol. The minimum absolute atomic E-state index is 0.398. The lowest BCUT2D eigenvalue weighted by Crippen LogP contribution is -2.32. The topological polar surface area (TPSA) is 77.2 Å². The van der Waals surface area contributed by atoms with Crippen molar-refractivity contribution in [3.8, 4) is 11.8 Å². The van der Waals surface area contributed by atoms with E-state index < -0.39 is 11.7 Å². The number of nitrogens with two attached hydrogens (primary N) is 1. The molecule has 1 rings (SSSR count). The van der Waals surface area contributed by atoms with Crippen LogP contribution in [0.3, 0.4) is 0 Å². The molecule has 0 aliphatic carbocycles. The third-order valence-electron chi connectivity index (χ3n) is 2.01. The maximum Gasteiger partial charge on any atom is 0.407 e. The van der Waals surface area contributed by atoms with Crippen LogP contribution in [0.15, 0.2) is 12.3 Å². The van der Waals surface area contributed by atoms with E-state index in [0.717, 1.165) is 0 Å². The number of hydrogen-bond acceptors (Lipinski definition) is 4. The number of aromatic nitrogens is 1. The van der Waals surface area contributed by atoms with Gasteiger partial charge in [-0.3, -0.25) is 0 Å². The quantitative estimate of drug-likeness (QED) is 0.649. The molecule has 0 radical (unpaired) electrons. The van der Waals surface area contributed by atoms with Gasteiger partial charge in [0.15, 0.2) is 0 Å². The van der Waals surface area contributed by atoms with Crippen molar-refractivity contribution in [3.05, 3.63) is 23.0 Å². The first-order chi connectivity index (χ1) is 9.28. The number of nitrogen functional groups attached to an aromatic ring is 1. The summed E-state index contributed by atoms with van der Waals surface area (Å²) >= 11 is 5.74. The lowest BCUT2D eigenvalue weighted by Gasteiger charge is -2.19. The molecule has 0 aromatic carbocycles. The van der Waals surface area contributed by atoms with E-state index in [1.54, 1.807) is 26.8 Å². The molecule has 1 aromatic heterocycles. The Morgan fingerprint density at radius 2 is 2.25 bits per heavy atom. The standard InChI is InChI=1S/C14H18ClN3O2/c1-14(2,3)20-13(19)17-7-5-4-6-12-11(16)8-10(15)9-18-12/h8-9H,5,7,16H2,1-3H3,(H,17,19). The van der Waals surface area contributed by atoms with Crippen molar-refractivity contribution in [1.29, 1.82) is 0 Å². The number of alkyl carbamates (subject to hydrolysis) is 1. The summed E-state index contributed by atoms with van der Waals surface area (Å²) in [6.45, 7) is 5.82. The third-order valence-corrected chi connectivity index (χ3v) is 2.22. The van der Waals surface area contributed by atoms with Crippen molar-refractivity contribution in [1.82, 2.24) is 10.3 Å². The van der Waals surface area contributed by atoms with E-state index in [4.69, 9.17) is 22.1 Å². The van der Waals surface area contributed by atoms with E-state index >= 15 is 0 Å². The number of ether oxygens (including phenoxy) is 1. The Balaban J connectivity index is 2.38. The monoisotopic (exact) mass is 295 g/mol. The van der Waals surface area contributed by atoms with Crippen LogP contribution >= 0.6 is 11.6 Å². The molecule has 1 amide bonds. The molecule has 3 N–H and O–H groups in total. The van der Waals surface area contributed by atoms with Crippen LogP contribution in [-0.4, -0.2) is 23.2 Å². The number of carbonyl (C=O) groups excluding carboxylic acids is 1. The van der Waals surface area contributed by atoms with Crippen LogP contribution in [0.1, 0.15) is 32.9 Å². The van der Waals surface area contributed by atoms with Crippen molar-refractivity contribution >= 4 is 23.4 Å². The van der Waals surface area contributed by atoms with Crippen LogP contribution in [0.25, 0.3) is 0 Å². The van der Waals surface area contributed by atoms with Crippen molar-refractivity contribution in [2.45, 2.75) is 32.8 Å². The van der Waals surface area contributed by atoms with E-state index in [0.29, 0.717) is 29.4 Å². The van der Waals surface area contributed by atoms with Gasteiger partial charge < -0.3 is 15.8 Å². The Bertz CT molecular complexity index is 542. The summed E-state index contributed by atoms with van der Waals surface area (Å²) in [7, 11) is 0. The summed E-state index contributed by atoms with van der Waals surface area (Å²) in [5, 5.41) is 3.08. The second kappa shape index (κ2) is 7.01. The summed E-state index contributed by atoms with van der Waals surface area (Å²) in [4.78, 5) is 15.4. The molecule has 0 aliphatic heterocycles. The Labute approximate surface area is 123 Å². The van der Waals surface area contributed by atoms with Gasteiger partial charge in [-0.25, -0.2) is 9.78 Å². The third kappa shape index (κ3) is 6.30. The summed E-state index contributed by atoms with van der Waals surface area (Å²) in [5.74, 6) is 5.70. The summed E-state index contributed by atoms with van der Waals surface area (Å²) in [6, 6.07) is 1.59. The smallest absolute Gasteiger partial charge is 0.407 e. The zero-order chi connectivity index (χ0) is 15.2. The number of amides is 1. The van der Waals surface area contributed by atoms with Crippen LogP contribution < -0.4 is 11.1 Å². The van der Waals surface area contributed by atoms with Gasteiger partial charge in [0.05, 0.1) is 10.7 Å². The maximum atomic E-state index is 11.4. The molecule has 0 atom stereocenters. The molecule has 0 saturated carbocycles. The van der Waals surface area contributed by atoms with Crippen LogP contribution in [0.2, 0.25) is 5.02 Å². The van der Waals surface area contributed by atoms with Gasteiger partial charge in [-0.05, 0) is 32.8 Å². The van der Waals surface area contributed by atoms with Gasteiger partial charge in [-0.2, -0.15) is 0 Å². The minimum atomic E-state index is -0.503. The fourth-order valence-electron chi connectivity index (χ4n) is 1.25. The summed E-state index contributed by atoms with van der Waals surface area (Å²) in [5.41, 5.74) is 6.13. The van der Waals surface area contributed by atoms with Crippen LogP contribution in [0.5, 0.6) is 0 Å². The highest BCUT2D eigenvalue weighted by atomic mass is 35.5. The number of carbonyl (C=O) groups is 1. The minimum Gasteiger partial charge on any atom is -0.444 e. The fourth-order valence-corrected chi connectivity index (χ4v) is 1.41. The van der Waals surface area contributed by atoms with E-state index in [2.05, 4.69) is 22.1 Å². The molecule has 5 nitrogen and oxygen atoms in total. The highest BCUT2D eigenvalue weighted by Gasteiger charge is 2.15. The Kier molecular flexibility index (Phi) is 5.66. The molecule has 0 unspecified atom stereocenters. The largest absolute Gasteiger partial charge is 0.444 e. The van der Waals surface area contributed by atoms with Crippen molar-refractivity contribution < 1.29 is 9.53 Å². The van der Waals surface area contributed by atoms with E-state index in [9.17, 15) is 4.79 Å². The molecule has 20 heavy (non-hydrogen) atoms. The SMILES string of the molecule is CC(C)(C)OC(=O)NCCC#Cc1ncc(Cl)cc1N. The molecule has 1 aromatic rings. The first kappa shape index (κ1) is 16.1. The molecule has 0 fully saturated rings. The number of nitrogens with zero attached hydrogens (tertiary/aromatic N) is 1. The molecule has 0 aliphatic rings. The lowest BCUT2D eigenvalue weighted by atomic mass is 10.2. The summed E-state index contributed by atoms with van der Waals surface area (Å²) < 4.78 is 5.09. The molecule has 1 heterocycles. The number of nitrogens with one attached hydrogen (secondary N) is 1. The molecule has 108 valence electrons. The van der Waals surface area contributed by atoms with Gasteiger partial charge in [0.2, 0.25) is 0 Å². The average Bonchev–Trinajstić information content (AvgIpc) is 2.28. The lowest BCUT2D eigenvalue weighted by molar-refractivity contribution is 0.0529. The average molecular weight is 296 g/mol. The first-order valence-electron chi connectivity index (χ1n) is 6.14. The van der Waals surface area contributed by atoms with Crippen molar-refractivity contribution in [2.24, 2.45) is 0 Å². The van der Waals surface area contributed by atoms with Crippen molar-refractivity contribution in [2.75, 3.05) is 12.3 Å². The number of anilines is 1. The number of rotatable bonds is 2. The van der Waals surface area contributed by atoms with Crippen LogP contribution in [-0.2, 0) is 4.74 Å². The fraction of sp³-hybridized carbons (Fsp3) is 0.429. The van der Waals surface area contributed by atoms with E-state index in [-0.39, 0.29) is 0 Å². The maximum absolute atomic E-state index is 11.4. The highest BCUT2D eigenvalue weighted by molar-refractivity contribution is 6.30. The predicted octanol–water partition coefficient (Wildman–Crippen LogP) is 2.58. The van der Waals surface area contributed by atoms with Gasteiger partial charge in [-0.15, -0.1) is 0 Å². The highest BCUT2D eigenvalue weighted by Crippen LogP contribution is 2.13. The van der Waals surface area contributed by atoms with Gasteiger partial charge in [-0.1, -0.05) is 17.5 Å². The van der Waals surface area contributed by atoms with Crippen LogP contribution in [0, 0.1) is 11.8 Å². The molecular formula is C14H18ClN3O2. The van der Waals surface area contributed by atoms with E-state index in [1.165, 1.54) is 6.20 Å². The molecule has 6 heteroatoms. The molecule has 0 bridgehead atoms. The van der Waals surface area contributed by atoms with Crippen molar-refractivity contribution in [3.63, 3.8) is 0 Å². The zero-order valence-corrected chi connectivity index (χ0v) is 12.5. The zero-order valence-electron chi connectivity index (χ0n) is 11.8. The molecule has 0 saturated heterocycles. The number of halogens is 1. The van der Waals surface area contributed by atoms with Gasteiger partial charge in [0, 0.05) is 19.2 Å². The first-order valence-corrected chi connectivity index (χ1v) is 6.52. The second-order valence-electron chi connectivity index (χ2n) is 5.07. The summed E-state index contributed by atoms with van der Waals surface area (Å²) in [6.07, 6.45) is 1.51. The van der Waals surface area contributed by atoms with Gasteiger partial charge in [0.1, 0.15) is 11.3 Å². The number of pyridine rings is 1. The predicted molar refractivity (Wildman–Crippen MR) is 79.4 cm³/mol. The van der Waals surface area contributed by atoms with Gasteiger partial charge >= 0.3 is 6.09 Å². The Hall–Kier alpha value is -1.93.